The van der Waals surface area contributed by atoms with E-state index in [0.29, 0.717) is 11.4 Å². The fraction of sp³-hybridized carbons (Fsp3) is 0.241. The lowest BCUT2D eigenvalue weighted by Crippen LogP contribution is -2.29. The van der Waals surface area contributed by atoms with Crippen molar-refractivity contribution in [3.8, 4) is 0 Å². The van der Waals surface area contributed by atoms with Crippen LogP contribution in [0.2, 0.25) is 0 Å². The number of esters is 1. The molecule has 188 valence electrons. The highest BCUT2D eigenvalue weighted by Gasteiger charge is 2.37. The normalized spacial score (nSPS) is 14.9. The third-order valence-corrected chi connectivity index (χ3v) is 6.69. The minimum atomic E-state index is -0.756. The van der Waals surface area contributed by atoms with Crippen molar-refractivity contribution in [3.05, 3.63) is 89.0 Å². The number of ether oxygens (including phenoxy) is 1. The van der Waals surface area contributed by atoms with Crippen molar-refractivity contribution >= 4 is 40.8 Å². The summed E-state index contributed by atoms with van der Waals surface area (Å²) in [5.74, 6) is -2.18. The molecule has 0 atom stereocenters. The Bertz CT molecular complexity index is 1380. The van der Waals surface area contributed by atoms with Gasteiger partial charge in [0.25, 0.3) is 17.7 Å². The number of hydrogen-bond acceptors (Lipinski definition) is 6. The molecule has 2 heterocycles. The van der Waals surface area contributed by atoms with Crippen LogP contribution in [0.3, 0.4) is 0 Å². The molecule has 0 radical (unpaired) electrons. The Morgan fingerprint density at radius 1 is 0.865 bits per heavy atom. The number of anilines is 3. The first kappa shape index (κ1) is 24.2. The van der Waals surface area contributed by atoms with Gasteiger partial charge in [0.15, 0.2) is 6.61 Å². The number of nitrogens with one attached hydrogen (secondary N) is 1. The number of fused-ring (bicyclic) bond motifs is 1. The molecule has 0 aromatic heterocycles. The van der Waals surface area contributed by atoms with Crippen LogP contribution in [0.4, 0.5) is 17.1 Å². The topological polar surface area (TPSA) is 96.0 Å². The van der Waals surface area contributed by atoms with Gasteiger partial charge in [-0.2, -0.15) is 0 Å². The molecule has 37 heavy (non-hydrogen) atoms. The molecule has 0 unspecified atom stereocenters. The highest BCUT2D eigenvalue weighted by Crippen LogP contribution is 2.31. The number of para-hydroxylation sites is 1. The number of amides is 3. The second kappa shape index (κ2) is 10.3. The standard InChI is InChI=1S/C29H27N3O5/c1-19-7-3-4-8-25(19)32-27(34)23-14-9-20(17-24(23)28(32)35)29(36)37-18-26(33)30-21-10-12-22(13-11-21)31-15-5-2-6-16-31/h3-4,7-14,17H,2,5-6,15-16,18H2,1H3,(H,30,33). The molecular weight excluding hydrogens is 470 g/mol. The number of carbonyl (C=O) groups is 4. The Balaban J connectivity index is 1.20. The number of aryl methyl sites for hydroxylation is 1. The fourth-order valence-electron chi connectivity index (χ4n) is 4.72. The zero-order valence-electron chi connectivity index (χ0n) is 20.5. The van der Waals surface area contributed by atoms with Gasteiger partial charge in [-0.1, -0.05) is 18.2 Å². The third kappa shape index (κ3) is 4.95. The molecule has 1 N–H and O–H groups in total. The molecule has 0 saturated carbocycles. The Morgan fingerprint density at radius 3 is 2.30 bits per heavy atom. The summed E-state index contributed by atoms with van der Waals surface area (Å²) in [5.41, 5.74) is 3.44. The molecule has 8 nitrogen and oxygen atoms in total. The quantitative estimate of drug-likeness (QED) is 0.396. The predicted octanol–water partition coefficient (Wildman–Crippen LogP) is 4.58. The van der Waals surface area contributed by atoms with Gasteiger partial charge in [0, 0.05) is 24.5 Å². The van der Waals surface area contributed by atoms with E-state index < -0.39 is 30.3 Å². The largest absolute Gasteiger partial charge is 0.452 e. The van der Waals surface area contributed by atoms with Crippen molar-refractivity contribution in [1.29, 1.82) is 0 Å². The zero-order chi connectivity index (χ0) is 25.9. The maximum atomic E-state index is 13.0. The summed E-state index contributed by atoms with van der Waals surface area (Å²) in [7, 11) is 0. The van der Waals surface area contributed by atoms with Gasteiger partial charge in [-0.3, -0.25) is 14.4 Å². The van der Waals surface area contributed by atoms with Crippen LogP contribution in [-0.2, 0) is 9.53 Å². The molecule has 3 aromatic carbocycles. The summed E-state index contributed by atoms with van der Waals surface area (Å²) < 4.78 is 5.16. The summed E-state index contributed by atoms with van der Waals surface area (Å²) in [6, 6.07) is 18.9. The first-order valence-electron chi connectivity index (χ1n) is 12.3. The van der Waals surface area contributed by atoms with E-state index in [0.717, 1.165) is 29.2 Å². The van der Waals surface area contributed by atoms with Gasteiger partial charge in [0.1, 0.15) is 0 Å². The number of nitrogens with zero attached hydrogens (tertiary/aromatic N) is 2. The van der Waals surface area contributed by atoms with Crippen LogP contribution >= 0.6 is 0 Å². The molecule has 0 bridgehead atoms. The van der Waals surface area contributed by atoms with E-state index in [4.69, 9.17) is 4.74 Å². The molecule has 1 fully saturated rings. The maximum Gasteiger partial charge on any atom is 0.338 e. The van der Waals surface area contributed by atoms with E-state index in [1.165, 1.54) is 37.5 Å². The first-order valence-corrected chi connectivity index (χ1v) is 12.3. The molecular formula is C29H27N3O5. The molecule has 2 aliphatic rings. The van der Waals surface area contributed by atoms with Gasteiger partial charge in [-0.15, -0.1) is 0 Å². The smallest absolute Gasteiger partial charge is 0.338 e. The molecule has 3 aromatic rings. The number of piperidine rings is 1. The van der Waals surface area contributed by atoms with E-state index in [2.05, 4.69) is 10.2 Å². The van der Waals surface area contributed by atoms with Gasteiger partial charge >= 0.3 is 5.97 Å². The maximum absolute atomic E-state index is 13.0. The van der Waals surface area contributed by atoms with E-state index in [1.807, 2.05) is 43.3 Å². The van der Waals surface area contributed by atoms with Crippen LogP contribution < -0.4 is 15.1 Å². The third-order valence-electron chi connectivity index (χ3n) is 6.69. The number of benzene rings is 3. The summed E-state index contributed by atoms with van der Waals surface area (Å²) in [6.07, 6.45) is 3.63. The molecule has 5 rings (SSSR count). The molecule has 1 saturated heterocycles. The van der Waals surface area contributed by atoms with Crippen LogP contribution in [0, 0.1) is 6.92 Å². The highest BCUT2D eigenvalue weighted by molar-refractivity contribution is 6.35. The molecule has 0 spiro atoms. The van der Waals surface area contributed by atoms with Gasteiger partial charge in [-0.25, -0.2) is 9.69 Å². The number of imide groups is 1. The van der Waals surface area contributed by atoms with Gasteiger partial charge < -0.3 is 15.0 Å². The van der Waals surface area contributed by atoms with Crippen molar-refractivity contribution in [2.24, 2.45) is 0 Å². The van der Waals surface area contributed by atoms with Crippen molar-refractivity contribution in [3.63, 3.8) is 0 Å². The van der Waals surface area contributed by atoms with Gasteiger partial charge in [0.2, 0.25) is 0 Å². The van der Waals surface area contributed by atoms with Gasteiger partial charge in [0.05, 0.1) is 22.4 Å². The predicted molar refractivity (Wildman–Crippen MR) is 140 cm³/mol. The van der Waals surface area contributed by atoms with Crippen LogP contribution in [-0.4, -0.2) is 43.4 Å². The van der Waals surface area contributed by atoms with Crippen molar-refractivity contribution in [2.45, 2.75) is 26.2 Å². The SMILES string of the molecule is Cc1ccccc1N1C(=O)c2ccc(C(=O)OCC(=O)Nc3ccc(N4CCCCC4)cc3)cc2C1=O. The second-order valence-corrected chi connectivity index (χ2v) is 9.21. The lowest BCUT2D eigenvalue weighted by Gasteiger charge is -2.28. The Kier molecular flexibility index (Phi) is 6.72. The van der Waals surface area contributed by atoms with Crippen molar-refractivity contribution in [1.82, 2.24) is 0 Å². The van der Waals surface area contributed by atoms with Crippen molar-refractivity contribution < 1.29 is 23.9 Å². The molecule has 3 amide bonds. The molecule has 0 aliphatic carbocycles. The van der Waals surface area contributed by atoms with Crippen LogP contribution in [0.25, 0.3) is 0 Å². The Labute approximate surface area is 214 Å². The Hall–Kier alpha value is -4.46. The number of carbonyl (C=O) groups excluding carboxylic acids is 4. The summed E-state index contributed by atoms with van der Waals surface area (Å²) in [4.78, 5) is 54.3. The fourth-order valence-corrected chi connectivity index (χ4v) is 4.72. The minimum Gasteiger partial charge on any atom is -0.452 e. The second-order valence-electron chi connectivity index (χ2n) is 9.21. The summed E-state index contributed by atoms with van der Waals surface area (Å²) >= 11 is 0. The zero-order valence-corrected chi connectivity index (χ0v) is 20.5. The molecule has 2 aliphatic heterocycles. The average molecular weight is 498 g/mol. The van der Waals surface area contributed by atoms with Crippen molar-refractivity contribution in [2.75, 3.05) is 34.8 Å². The highest BCUT2D eigenvalue weighted by atomic mass is 16.5. The minimum absolute atomic E-state index is 0.0882. The van der Waals surface area contributed by atoms with E-state index in [1.54, 1.807) is 12.1 Å². The van der Waals surface area contributed by atoms with Crippen LogP contribution in [0.5, 0.6) is 0 Å². The molecule has 8 heteroatoms. The monoisotopic (exact) mass is 497 g/mol. The lowest BCUT2D eigenvalue weighted by atomic mass is 10.1. The Morgan fingerprint density at radius 2 is 1.57 bits per heavy atom. The van der Waals surface area contributed by atoms with E-state index in [-0.39, 0.29) is 16.7 Å². The van der Waals surface area contributed by atoms with E-state index in [9.17, 15) is 19.2 Å². The summed E-state index contributed by atoms with van der Waals surface area (Å²) in [6.45, 7) is 3.41. The number of rotatable bonds is 6. The average Bonchev–Trinajstić information content (AvgIpc) is 3.17. The first-order chi connectivity index (χ1) is 17.9. The lowest BCUT2D eigenvalue weighted by molar-refractivity contribution is -0.119. The van der Waals surface area contributed by atoms with E-state index >= 15 is 0 Å². The van der Waals surface area contributed by atoms with Gasteiger partial charge in [-0.05, 0) is 80.3 Å². The number of hydrogen-bond donors (Lipinski definition) is 1. The summed E-state index contributed by atoms with van der Waals surface area (Å²) in [5, 5.41) is 2.72. The van der Waals surface area contributed by atoms with Crippen LogP contribution in [0.1, 0.15) is 55.9 Å². The van der Waals surface area contributed by atoms with Crippen LogP contribution in [0.15, 0.2) is 66.7 Å².